The van der Waals surface area contributed by atoms with Crippen LogP contribution in [0.5, 0.6) is 11.5 Å². The van der Waals surface area contributed by atoms with Gasteiger partial charge in [-0.25, -0.2) is 0 Å². The largest absolute Gasteiger partial charge is 0.493 e. The molecule has 108 valence electrons. The van der Waals surface area contributed by atoms with E-state index in [2.05, 4.69) is 10.8 Å². The van der Waals surface area contributed by atoms with Crippen molar-refractivity contribution in [2.45, 2.75) is 6.42 Å². The predicted molar refractivity (Wildman–Crippen MR) is 77.3 cm³/mol. The van der Waals surface area contributed by atoms with Crippen molar-refractivity contribution in [1.29, 1.82) is 5.26 Å². The van der Waals surface area contributed by atoms with E-state index in [0.717, 1.165) is 11.3 Å². The summed E-state index contributed by atoms with van der Waals surface area (Å²) in [5.41, 5.74) is 1.35. The van der Waals surface area contributed by atoms with Crippen molar-refractivity contribution >= 4 is 17.7 Å². The standard InChI is InChI=1S/C14H17NO4S/c1-17-12-5-4-10(11(8-15)14(12)19-3)6-7-20-9-13(16)18-2/h4-5H,6-7,9H2,1-3H3. The van der Waals surface area contributed by atoms with E-state index in [0.29, 0.717) is 29.2 Å². The molecule has 1 aromatic carbocycles. The maximum absolute atomic E-state index is 11.0. The second-order valence-corrected chi connectivity index (χ2v) is 4.93. The van der Waals surface area contributed by atoms with Gasteiger partial charge in [0, 0.05) is 0 Å². The van der Waals surface area contributed by atoms with E-state index < -0.39 is 0 Å². The topological polar surface area (TPSA) is 68.6 Å². The van der Waals surface area contributed by atoms with Crippen LogP contribution in [0.4, 0.5) is 0 Å². The Morgan fingerprint density at radius 1 is 1.30 bits per heavy atom. The van der Waals surface area contributed by atoms with E-state index in [1.54, 1.807) is 6.07 Å². The number of nitrogens with zero attached hydrogens (tertiary/aromatic N) is 1. The van der Waals surface area contributed by atoms with E-state index in [9.17, 15) is 10.1 Å². The van der Waals surface area contributed by atoms with Crippen molar-refractivity contribution < 1.29 is 19.0 Å². The molecule has 6 heteroatoms. The quantitative estimate of drug-likeness (QED) is 0.566. The van der Waals surface area contributed by atoms with Crippen LogP contribution in [0.2, 0.25) is 0 Å². The van der Waals surface area contributed by atoms with E-state index >= 15 is 0 Å². The molecule has 0 saturated carbocycles. The van der Waals surface area contributed by atoms with Crippen molar-refractivity contribution in [2.75, 3.05) is 32.8 Å². The Morgan fingerprint density at radius 3 is 2.60 bits per heavy atom. The van der Waals surface area contributed by atoms with Crippen LogP contribution in [0.25, 0.3) is 0 Å². The zero-order valence-electron chi connectivity index (χ0n) is 11.8. The highest BCUT2D eigenvalue weighted by Crippen LogP contribution is 2.33. The lowest BCUT2D eigenvalue weighted by Gasteiger charge is -2.12. The maximum Gasteiger partial charge on any atom is 0.315 e. The lowest BCUT2D eigenvalue weighted by molar-refractivity contribution is -0.137. The summed E-state index contributed by atoms with van der Waals surface area (Å²) in [4.78, 5) is 11.0. The van der Waals surface area contributed by atoms with Gasteiger partial charge in [-0.05, 0) is 23.8 Å². The van der Waals surface area contributed by atoms with Crippen LogP contribution in [0.15, 0.2) is 12.1 Å². The predicted octanol–water partition coefficient (Wildman–Crippen LogP) is 2.02. The molecule has 1 rings (SSSR count). The van der Waals surface area contributed by atoms with Crippen molar-refractivity contribution in [3.05, 3.63) is 23.3 Å². The van der Waals surface area contributed by atoms with Crippen molar-refractivity contribution in [3.8, 4) is 17.6 Å². The Hall–Kier alpha value is -1.87. The Bertz CT molecular complexity index is 511. The number of esters is 1. The van der Waals surface area contributed by atoms with Gasteiger partial charge in [-0.15, -0.1) is 11.8 Å². The molecule has 0 aliphatic heterocycles. The molecule has 1 aromatic rings. The van der Waals surface area contributed by atoms with Crippen LogP contribution in [-0.2, 0) is 16.0 Å². The molecule has 0 saturated heterocycles. The molecule has 0 heterocycles. The highest BCUT2D eigenvalue weighted by molar-refractivity contribution is 7.99. The lowest BCUT2D eigenvalue weighted by atomic mass is 10.0. The number of benzene rings is 1. The second kappa shape index (κ2) is 8.33. The number of carbonyl (C=O) groups is 1. The van der Waals surface area contributed by atoms with Crippen LogP contribution >= 0.6 is 11.8 Å². The van der Waals surface area contributed by atoms with Crippen molar-refractivity contribution in [3.63, 3.8) is 0 Å². The summed E-state index contributed by atoms with van der Waals surface area (Å²) in [6.07, 6.45) is 0.672. The molecule has 0 aliphatic carbocycles. The monoisotopic (exact) mass is 295 g/mol. The fourth-order valence-corrected chi connectivity index (χ4v) is 2.49. The second-order valence-electron chi connectivity index (χ2n) is 3.83. The fourth-order valence-electron chi connectivity index (χ4n) is 1.70. The maximum atomic E-state index is 11.0. The van der Waals surface area contributed by atoms with Crippen LogP contribution in [0, 0.1) is 11.3 Å². The SMILES string of the molecule is COC(=O)CSCCc1ccc(OC)c(OC)c1C#N. The number of rotatable bonds is 7. The molecule has 0 atom stereocenters. The van der Waals surface area contributed by atoms with Gasteiger partial charge in [-0.2, -0.15) is 5.26 Å². The number of aryl methyl sites for hydroxylation is 1. The average Bonchev–Trinajstić information content (AvgIpc) is 2.49. The first-order valence-corrected chi connectivity index (χ1v) is 7.11. The van der Waals surface area contributed by atoms with Gasteiger partial charge in [0.2, 0.25) is 0 Å². The molecule has 0 radical (unpaired) electrons. The first-order chi connectivity index (χ1) is 9.67. The number of methoxy groups -OCH3 is 3. The van der Waals surface area contributed by atoms with Gasteiger partial charge in [0.25, 0.3) is 0 Å². The van der Waals surface area contributed by atoms with E-state index in [1.807, 2.05) is 6.07 Å². The van der Waals surface area contributed by atoms with Gasteiger partial charge >= 0.3 is 5.97 Å². The summed E-state index contributed by atoms with van der Waals surface area (Å²) in [7, 11) is 4.41. The minimum absolute atomic E-state index is 0.247. The van der Waals surface area contributed by atoms with Gasteiger partial charge in [-0.3, -0.25) is 4.79 Å². The molecule has 0 N–H and O–H groups in total. The zero-order valence-corrected chi connectivity index (χ0v) is 12.6. The van der Waals surface area contributed by atoms with Crippen LogP contribution < -0.4 is 9.47 Å². The molecule has 5 nitrogen and oxygen atoms in total. The summed E-state index contributed by atoms with van der Waals surface area (Å²) in [5, 5.41) is 9.27. The molecule has 0 aliphatic rings. The van der Waals surface area contributed by atoms with Crippen molar-refractivity contribution in [2.24, 2.45) is 0 Å². The Kier molecular flexibility index (Phi) is 6.74. The minimum atomic E-state index is -0.247. The molecule has 0 amide bonds. The van der Waals surface area contributed by atoms with Gasteiger partial charge in [0.1, 0.15) is 11.6 Å². The summed E-state index contributed by atoms with van der Waals surface area (Å²) in [6, 6.07) is 5.77. The number of carbonyl (C=O) groups excluding carboxylic acids is 1. The highest BCUT2D eigenvalue weighted by Gasteiger charge is 2.14. The van der Waals surface area contributed by atoms with E-state index in [4.69, 9.17) is 9.47 Å². The van der Waals surface area contributed by atoms with Gasteiger partial charge in [-0.1, -0.05) is 6.07 Å². The molecule has 0 fully saturated rings. The molecular formula is C14H17NO4S. The van der Waals surface area contributed by atoms with Gasteiger partial charge < -0.3 is 14.2 Å². The molecule has 0 bridgehead atoms. The third kappa shape index (κ3) is 4.07. The number of hydrogen-bond donors (Lipinski definition) is 0. The van der Waals surface area contributed by atoms with E-state index in [1.165, 1.54) is 33.1 Å². The zero-order chi connectivity index (χ0) is 15.0. The molecular weight excluding hydrogens is 278 g/mol. The normalized spacial score (nSPS) is 9.70. The number of nitriles is 1. The minimum Gasteiger partial charge on any atom is -0.493 e. The third-order valence-electron chi connectivity index (χ3n) is 2.71. The fraction of sp³-hybridized carbons (Fsp3) is 0.429. The smallest absolute Gasteiger partial charge is 0.315 e. The van der Waals surface area contributed by atoms with Crippen LogP contribution in [0.1, 0.15) is 11.1 Å². The van der Waals surface area contributed by atoms with Crippen molar-refractivity contribution in [1.82, 2.24) is 0 Å². The summed E-state index contributed by atoms with van der Waals surface area (Å²) >= 11 is 1.47. The average molecular weight is 295 g/mol. The molecule has 0 unspecified atom stereocenters. The van der Waals surface area contributed by atoms with Crippen LogP contribution in [0.3, 0.4) is 0 Å². The third-order valence-corrected chi connectivity index (χ3v) is 3.64. The number of ether oxygens (including phenoxy) is 3. The first kappa shape index (κ1) is 16.2. The molecule has 0 aromatic heterocycles. The number of hydrogen-bond acceptors (Lipinski definition) is 6. The Morgan fingerprint density at radius 2 is 2.05 bits per heavy atom. The first-order valence-electron chi connectivity index (χ1n) is 5.96. The van der Waals surface area contributed by atoms with Crippen LogP contribution in [-0.4, -0.2) is 38.8 Å². The Labute approximate surface area is 122 Å². The summed E-state index contributed by atoms with van der Waals surface area (Å²) in [5.74, 6) is 1.77. The number of thioether (sulfide) groups is 1. The Balaban J connectivity index is 2.76. The molecule has 20 heavy (non-hydrogen) atoms. The van der Waals surface area contributed by atoms with E-state index in [-0.39, 0.29) is 5.97 Å². The molecule has 0 spiro atoms. The lowest BCUT2D eigenvalue weighted by Crippen LogP contribution is -2.05. The van der Waals surface area contributed by atoms with Gasteiger partial charge in [0.15, 0.2) is 11.5 Å². The summed E-state index contributed by atoms with van der Waals surface area (Å²) in [6.45, 7) is 0. The van der Waals surface area contributed by atoms with Gasteiger partial charge in [0.05, 0.1) is 27.1 Å². The highest BCUT2D eigenvalue weighted by atomic mass is 32.2. The summed E-state index contributed by atoms with van der Waals surface area (Å²) < 4.78 is 15.0.